The summed E-state index contributed by atoms with van der Waals surface area (Å²) in [5, 5.41) is 0. The molecule has 0 amide bonds. The molecule has 4 rings (SSSR count). The largest absolute Gasteiger partial charge is 0.494 e. The lowest BCUT2D eigenvalue weighted by Gasteiger charge is -2.11. The van der Waals surface area contributed by atoms with E-state index in [2.05, 4.69) is 13.2 Å². The van der Waals surface area contributed by atoms with Gasteiger partial charge in [-0.1, -0.05) is 49.6 Å². The highest BCUT2D eigenvalue weighted by atomic mass is 16.6. The van der Waals surface area contributed by atoms with Crippen molar-refractivity contribution in [3.63, 3.8) is 0 Å². The Balaban J connectivity index is 1.19. The van der Waals surface area contributed by atoms with Gasteiger partial charge in [-0.3, -0.25) is 0 Å². The molecule has 2 heterocycles. The molecule has 0 aromatic heterocycles. The minimum Gasteiger partial charge on any atom is -0.494 e. The molecule has 0 saturated carbocycles. The molecule has 166 valence electrons. The van der Waals surface area contributed by atoms with Crippen LogP contribution in [0.1, 0.15) is 50.2 Å². The van der Waals surface area contributed by atoms with Crippen molar-refractivity contribution in [2.75, 3.05) is 6.61 Å². The zero-order chi connectivity index (χ0) is 22.5. The van der Waals surface area contributed by atoms with Crippen LogP contribution in [-0.4, -0.2) is 24.6 Å². The monoisotopic (exact) mass is 432 g/mol. The van der Waals surface area contributed by atoms with Crippen molar-refractivity contribution in [1.82, 2.24) is 0 Å². The SMILES string of the molecule is C=C1CC(CCCCCOc2ccc(-c3ccc(C4CC(=C)C(=O)O4)cc3)cc2)OC1=O. The van der Waals surface area contributed by atoms with Crippen LogP contribution < -0.4 is 4.74 Å². The fourth-order valence-corrected chi connectivity index (χ4v) is 4.02. The van der Waals surface area contributed by atoms with Crippen molar-refractivity contribution in [3.8, 4) is 16.9 Å². The predicted molar refractivity (Wildman–Crippen MR) is 122 cm³/mol. The summed E-state index contributed by atoms with van der Waals surface area (Å²) in [6.45, 7) is 8.11. The van der Waals surface area contributed by atoms with Gasteiger partial charge in [0, 0.05) is 24.0 Å². The van der Waals surface area contributed by atoms with Gasteiger partial charge < -0.3 is 14.2 Å². The Bertz CT molecular complexity index is 971. The molecule has 0 radical (unpaired) electrons. The third-order valence-corrected chi connectivity index (χ3v) is 5.92. The second-order valence-corrected chi connectivity index (χ2v) is 8.38. The number of hydrogen-bond acceptors (Lipinski definition) is 5. The maximum Gasteiger partial charge on any atom is 0.334 e. The Labute approximate surface area is 188 Å². The van der Waals surface area contributed by atoms with Crippen LogP contribution in [0.15, 0.2) is 72.8 Å². The molecule has 32 heavy (non-hydrogen) atoms. The van der Waals surface area contributed by atoms with E-state index in [1.165, 1.54) is 0 Å². The second-order valence-electron chi connectivity index (χ2n) is 8.38. The van der Waals surface area contributed by atoms with Crippen molar-refractivity contribution in [3.05, 3.63) is 78.4 Å². The molecular weight excluding hydrogens is 404 g/mol. The Kier molecular flexibility index (Phi) is 6.74. The number of cyclic esters (lactones) is 2. The highest BCUT2D eigenvalue weighted by Gasteiger charge is 2.28. The number of rotatable bonds is 9. The van der Waals surface area contributed by atoms with E-state index in [0.29, 0.717) is 30.6 Å². The topological polar surface area (TPSA) is 61.8 Å². The summed E-state index contributed by atoms with van der Waals surface area (Å²) in [5.41, 5.74) is 4.29. The Hall–Kier alpha value is -3.34. The molecule has 2 fully saturated rings. The van der Waals surface area contributed by atoms with Crippen molar-refractivity contribution in [1.29, 1.82) is 0 Å². The molecule has 5 heteroatoms. The number of unbranched alkanes of at least 4 members (excludes halogenated alkanes) is 2. The van der Waals surface area contributed by atoms with Crippen LogP contribution in [0.25, 0.3) is 11.1 Å². The van der Waals surface area contributed by atoms with E-state index in [4.69, 9.17) is 14.2 Å². The number of carbonyl (C=O) groups is 2. The lowest BCUT2D eigenvalue weighted by atomic mass is 10.00. The first-order chi connectivity index (χ1) is 15.5. The van der Waals surface area contributed by atoms with E-state index >= 15 is 0 Å². The van der Waals surface area contributed by atoms with E-state index in [1.807, 2.05) is 48.5 Å². The zero-order valence-corrected chi connectivity index (χ0v) is 18.2. The standard InChI is InChI=1S/C27H28O5/c1-18-16-24(31-26(18)28)6-4-3-5-15-30-23-13-11-21(12-14-23)20-7-9-22(10-8-20)25-17-19(2)27(29)32-25/h7-14,24-25H,1-6,15-17H2. The van der Waals surface area contributed by atoms with Crippen molar-refractivity contribution < 1.29 is 23.8 Å². The van der Waals surface area contributed by atoms with E-state index in [0.717, 1.165) is 48.1 Å². The van der Waals surface area contributed by atoms with Crippen LogP contribution in [0, 0.1) is 0 Å². The minimum atomic E-state index is -0.305. The van der Waals surface area contributed by atoms with Crippen LogP contribution in [0.3, 0.4) is 0 Å². The fraction of sp³-hybridized carbons (Fsp3) is 0.333. The number of ether oxygens (including phenoxy) is 3. The third kappa shape index (κ3) is 5.28. The van der Waals surface area contributed by atoms with Gasteiger partial charge in [0.1, 0.15) is 18.0 Å². The normalized spacial score (nSPS) is 20.4. The first-order valence-electron chi connectivity index (χ1n) is 11.1. The van der Waals surface area contributed by atoms with Crippen LogP contribution in [0.2, 0.25) is 0 Å². The van der Waals surface area contributed by atoms with Crippen LogP contribution in [0.4, 0.5) is 0 Å². The molecule has 0 spiro atoms. The average molecular weight is 433 g/mol. The molecular formula is C27H28O5. The molecule has 2 saturated heterocycles. The van der Waals surface area contributed by atoms with Gasteiger partial charge in [-0.05, 0) is 54.5 Å². The molecule has 2 aliphatic rings. The second kappa shape index (κ2) is 9.86. The maximum atomic E-state index is 11.5. The molecule has 2 aromatic rings. The molecule has 0 bridgehead atoms. The maximum absolute atomic E-state index is 11.5. The first kappa shape index (κ1) is 21.9. The molecule has 0 aliphatic carbocycles. The van der Waals surface area contributed by atoms with E-state index in [-0.39, 0.29) is 24.1 Å². The zero-order valence-electron chi connectivity index (χ0n) is 18.2. The molecule has 5 nitrogen and oxygen atoms in total. The molecule has 0 N–H and O–H groups in total. The lowest BCUT2D eigenvalue weighted by molar-refractivity contribution is -0.140. The van der Waals surface area contributed by atoms with E-state index in [1.54, 1.807) is 0 Å². The van der Waals surface area contributed by atoms with Gasteiger partial charge in [-0.15, -0.1) is 0 Å². The van der Waals surface area contributed by atoms with Crippen LogP contribution >= 0.6 is 0 Å². The molecule has 2 atom stereocenters. The third-order valence-electron chi connectivity index (χ3n) is 5.92. The summed E-state index contributed by atoms with van der Waals surface area (Å²) in [6, 6.07) is 16.1. The quantitative estimate of drug-likeness (QED) is 0.289. The summed E-state index contributed by atoms with van der Waals surface area (Å²) >= 11 is 0. The van der Waals surface area contributed by atoms with E-state index < -0.39 is 0 Å². The summed E-state index contributed by atoms with van der Waals surface area (Å²) in [5.74, 6) is 0.298. The fourth-order valence-electron chi connectivity index (χ4n) is 4.02. The highest BCUT2D eigenvalue weighted by Crippen LogP contribution is 2.33. The summed E-state index contributed by atoms with van der Waals surface area (Å²) in [6.07, 6.45) is 4.88. The van der Waals surface area contributed by atoms with Crippen LogP contribution in [-0.2, 0) is 19.1 Å². The van der Waals surface area contributed by atoms with Crippen LogP contribution in [0.5, 0.6) is 5.75 Å². The van der Waals surface area contributed by atoms with Gasteiger partial charge in [0.2, 0.25) is 0 Å². The van der Waals surface area contributed by atoms with Crippen molar-refractivity contribution >= 4 is 11.9 Å². The summed E-state index contributed by atoms with van der Waals surface area (Å²) in [7, 11) is 0. The summed E-state index contributed by atoms with van der Waals surface area (Å²) in [4.78, 5) is 22.8. The van der Waals surface area contributed by atoms with Crippen molar-refractivity contribution in [2.45, 2.75) is 50.7 Å². The average Bonchev–Trinajstić information content (AvgIpc) is 3.31. The summed E-state index contributed by atoms with van der Waals surface area (Å²) < 4.78 is 16.4. The first-order valence-corrected chi connectivity index (χ1v) is 11.1. The Morgan fingerprint density at radius 3 is 2.00 bits per heavy atom. The number of esters is 2. The highest BCUT2D eigenvalue weighted by molar-refractivity contribution is 5.90. The minimum absolute atomic E-state index is 0.00479. The molecule has 2 aromatic carbocycles. The van der Waals surface area contributed by atoms with Gasteiger partial charge >= 0.3 is 11.9 Å². The predicted octanol–water partition coefficient (Wildman–Crippen LogP) is 5.71. The Morgan fingerprint density at radius 2 is 1.41 bits per heavy atom. The van der Waals surface area contributed by atoms with Gasteiger partial charge in [0.05, 0.1) is 6.61 Å². The van der Waals surface area contributed by atoms with Gasteiger partial charge in [0.15, 0.2) is 0 Å². The van der Waals surface area contributed by atoms with E-state index in [9.17, 15) is 9.59 Å². The van der Waals surface area contributed by atoms with Gasteiger partial charge in [0.25, 0.3) is 0 Å². The van der Waals surface area contributed by atoms with Crippen molar-refractivity contribution in [2.24, 2.45) is 0 Å². The smallest absolute Gasteiger partial charge is 0.334 e. The van der Waals surface area contributed by atoms with Gasteiger partial charge in [-0.2, -0.15) is 0 Å². The molecule has 2 unspecified atom stereocenters. The Morgan fingerprint density at radius 1 is 0.781 bits per heavy atom. The van der Waals surface area contributed by atoms with Gasteiger partial charge in [-0.25, -0.2) is 9.59 Å². The number of benzene rings is 2. The molecule has 2 aliphatic heterocycles. The lowest BCUT2D eigenvalue weighted by Crippen LogP contribution is -2.06. The number of carbonyl (C=O) groups excluding carboxylic acids is 2. The number of hydrogen-bond donors (Lipinski definition) is 0.